The molecule has 1 aliphatic rings. The second kappa shape index (κ2) is 4.93. The molecule has 0 unspecified atom stereocenters. The first kappa shape index (κ1) is 12.6. The van der Waals surface area contributed by atoms with Crippen LogP contribution in [0.1, 0.15) is 12.8 Å². The fourth-order valence-corrected chi connectivity index (χ4v) is 3.27. The Hall–Kier alpha value is -1.41. The normalized spacial score (nSPS) is 18.9. The van der Waals surface area contributed by atoms with Gasteiger partial charge in [-0.3, -0.25) is 4.98 Å². The van der Waals surface area contributed by atoms with E-state index in [0.717, 1.165) is 38.3 Å². The van der Waals surface area contributed by atoms with Crippen LogP contribution in [-0.4, -0.2) is 55.7 Å². The van der Waals surface area contributed by atoms with Crippen LogP contribution in [0.15, 0.2) is 12.4 Å². The number of anilines is 1. The molecule has 1 aliphatic heterocycles. The summed E-state index contributed by atoms with van der Waals surface area (Å²) in [6.45, 7) is 2.65. The number of hydrogen-bond donors (Lipinski definition) is 1. The van der Waals surface area contributed by atoms with E-state index in [1.54, 1.807) is 10.7 Å². The summed E-state index contributed by atoms with van der Waals surface area (Å²) in [5.41, 5.74) is 6.60. The van der Waals surface area contributed by atoms with Gasteiger partial charge in [0.1, 0.15) is 0 Å². The smallest absolute Gasteiger partial charge is 0.199 e. The highest BCUT2D eigenvalue weighted by atomic mass is 32.2. The maximum Gasteiger partial charge on any atom is 0.199 e. The summed E-state index contributed by atoms with van der Waals surface area (Å²) in [6.07, 6.45) is 7.77. The Kier molecular flexibility index (Phi) is 3.28. The number of thioether (sulfide) groups is 1. The van der Waals surface area contributed by atoms with Gasteiger partial charge in [-0.1, -0.05) is 0 Å². The highest BCUT2D eigenvalue weighted by Gasteiger charge is 2.33. The van der Waals surface area contributed by atoms with Gasteiger partial charge < -0.3 is 10.6 Å². The SMILES string of the molecule is CSC1(CN)CCN(c2cncc3nnnn23)CC1. The van der Waals surface area contributed by atoms with Gasteiger partial charge >= 0.3 is 0 Å². The molecule has 2 aromatic rings. The minimum atomic E-state index is 0.221. The summed E-state index contributed by atoms with van der Waals surface area (Å²) in [5, 5.41) is 11.6. The monoisotopic (exact) mass is 279 g/mol. The van der Waals surface area contributed by atoms with Gasteiger partial charge in [0.25, 0.3) is 0 Å². The zero-order chi connectivity index (χ0) is 13.3. The fraction of sp³-hybridized carbons (Fsp3) is 0.636. The zero-order valence-corrected chi connectivity index (χ0v) is 11.7. The summed E-state index contributed by atoms with van der Waals surface area (Å²) in [4.78, 5) is 6.48. The molecule has 3 heterocycles. The molecule has 19 heavy (non-hydrogen) atoms. The molecular formula is C11H17N7S. The average Bonchev–Trinajstić information content (AvgIpc) is 2.96. The molecule has 0 spiro atoms. The van der Waals surface area contributed by atoms with Crippen molar-refractivity contribution in [2.45, 2.75) is 17.6 Å². The van der Waals surface area contributed by atoms with Crippen molar-refractivity contribution >= 4 is 23.2 Å². The standard InChI is InChI=1S/C11H17N7S/c1-19-11(8-12)2-4-17(5-3-11)10-7-13-6-9-14-15-16-18(9)10/h6-7H,2-5,8,12H2,1H3. The van der Waals surface area contributed by atoms with Crippen molar-refractivity contribution in [1.82, 2.24) is 25.0 Å². The molecule has 0 bridgehead atoms. The van der Waals surface area contributed by atoms with Crippen molar-refractivity contribution in [1.29, 1.82) is 0 Å². The molecule has 102 valence electrons. The van der Waals surface area contributed by atoms with Gasteiger partial charge in [0.05, 0.1) is 12.4 Å². The summed E-state index contributed by atoms with van der Waals surface area (Å²) >= 11 is 1.88. The van der Waals surface area contributed by atoms with E-state index in [1.807, 2.05) is 18.0 Å². The molecule has 2 aromatic heterocycles. The van der Waals surface area contributed by atoms with Gasteiger partial charge in [-0.05, 0) is 29.5 Å². The molecule has 8 heteroatoms. The summed E-state index contributed by atoms with van der Waals surface area (Å²) in [5.74, 6) is 0.953. The number of aromatic nitrogens is 5. The lowest BCUT2D eigenvalue weighted by Crippen LogP contribution is -2.47. The molecule has 3 rings (SSSR count). The molecule has 0 amide bonds. The van der Waals surface area contributed by atoms with Crippen molar-refractivity contribution < 1.29 is 0 Å². The van der Waals surface area contributed by atoms with Crippen molar-refractivity contribution in [3.63, 3.8) is 0 Å². The molecule has 1 fully saturated rings. The predicted octanol–water partition coefficient (Wildman–Crippen LogP) is 0.180. The number of tetrazole rings is 1. The van der Waals surface area contributed by atoms with E-state index in [2.05, 4.69) is 31.7 Å². The molecule has 2 N–H and O–H groups in total. The second-order valence-corrected chi connectivity index (χ2v) is 6.07. The Balaban J connectivity index is 1.84. The number of piperidine rings is 1. The Morgan fingerprint density at radius 1 is 1.37 bits per heavy atom. The molecule has 0 aromatic carbocycles. The zero-order valence-electron chi connectivity index (χ0n) is 10.9. The van der Waals surface area contributed by atoms with Crippen LogP contribution in [-0.2, 0) is 0 Å². The van der Waals surface area contributed by atoms with Crippen LogP contribution in [0.2, 0.25) is 0 Å². The van der Waals surface area contributed by atoms with E-state index in [-0.39, 0.29) is 4.75 Å². The first-order chi connectivity index (χ1) is 9.28. The number of nitrogens with two attached hydrogens (primary N) is 1. The van der Waals surface area contributed by atoms with E-state index in [1.165, 1.54) is 0 Å². The fourth-order valence-electron chi connectivity index (χ4n) is 2.51. The largest absolute Gasteiger partial charge is 0.355 e. The number of fused-ring (bicyclic) bond motifs is 1. The molecule has 0 atom stereocenters. The van der Waals surface area contributed by atoms with Crippen LogP contribution in [0.4, 0.5) is 5.82 Å². The molecule has 0 radical (unpaired) electrons. The highest BCUT2D eigenvalue weighted by molar-refractivity contribution is 8.00. The maximum absolute atomic E-state index is 5.92. The molecule has 0 aliphatic carbocycles. The first-order valence-electron chi connectivity index (χ1n) is 6.30. The van der Waals surface area contributed by atoms with Gasteiger partial charge in [0, 0.05) is 24.4 Å². The lowest BCUT2D eigenvalue weighted by atomic mass is 9.96. The van der Waals surface area contributed by atoms with Gasteiger partial charge in [-0.2, -0.15) is 16.3 Å². The van der Waals surface area contributed by atoms with Gasteiger partial charge in [-0.25, -0.2) is 0 Å². The van der Waals surface area contributed by atoms with Crippen LogP contribution in [0.3, 0.4) is 0 Å². The molecule has 1 saturated heterocycles. The van der Waals surface area contributed by atoms with Gasteiger partial charge in [0.2, 0.25) is 0 Å². The van der Waals surface area contributed by atoms with E-state index in [9.17, 15) is 0 Å². The van der Waals surface area contributed by atoms with Crippen LogP contribution in [0, 0.1) is 0 Å². The Labute approximate surface area is 115 Å². The predicted molar refractivity (Wildman–Crippen MR) is 75.3 cm³/mol. The third-order valence-electron chi connectivity index (χ3n) is 3.89. The summed E-state index contributed by atoms with van der Waals surface area (Å²) in [6, 6.07) is 0. The second-order valence-electron chi connectivity index (χ2n) is 4.79. The molecule has 0 saturated carbocycles. The molecular weight excluding hydrogens is 262 g/mol. The lowest BCUT2D eigenvalue weighted by Gasteiger charge is -2.40. The third-order valence-corrected chi connectivity index (χ3v) is 5.34. The number of rotatable bonds is 3. The number of hydrogen-bond acceptors (Lipinski definition) is 7. The van der Waals surface area contributed by atoms with Crippen LogP contribution < -0.4 is 10.6 Å². The molecule has 7 nitrogen and oxygen atoms in total. The average molecular weight is 279 g/mol. The summed E-state index contributed by atoms with van der Waals surface area (Å²) < 4.78 is 1.96. The third kappa shape index (κ3) is 2.14. The number of nitrogens with zero attached hydrogens (tertiary/aromatic N) is 6. The van der Waals surface area contributed by atoms with Crippen molar-refractivity contribution in [2.24, 2.45) is 5.73 Å². The minimum Gasteiger partial charge on any atom is -0.355 e. The van der Waals surface area contributed by atoms with Crippen molar-refractivity contribution in [2.75, 3.05) is 30.8 Å². The van der Waals surface area contributed by atoms with E-state index >= 15 is 0 Å². The lowest BCUT2D eigenvalue weighted by molar-refractivity contribution is 0.453. The van der Waals surface area contributed by atoms with E-state index < -0.39 is 0 Å². The first-order valence-corrected chi connectivity index (χ1v) is 7.53. The Morgan fingerprint density at radius 2 is 2.16 bits per heavy atom. The maximum atomic E-state index is 5.92. The van der Waals surface area contributed by atoms with Gasteiger partial charge in [-0.15, -0.1) is 5.10 Å². The minimum absolute atomic E-state index is 0.221. The van der Waals surface area contributed by atoms with E-state index in [0.29, 0.717) is 5.65 Å². The van der Waals surface area contributed by atoms with Crippen LogP contribution in [0.5, 0.6) is 0 Å². The summed E-state index contributed by atoms with van der Waals surface area (Å²) in [7, 11) is 0. The van der Waals surface area contributed by atoms with Crippen LogP contribution in [0.25, 0.3) is 5.65 Å². The Morgan fingerprint density at radius 3 is 2.84 bits per heavy atom. The van der Waals surface area contributed by atoms with E-state index in [4.69, 9.17) is 5.73 Å². The van der Waals surface area contributed by atoms with Crippen LogP contribution >= 0.6 is 11.8 Å². The van der Waals surface area contributed by atoms with Gasteiger partial charge in [0.15, 0.2) is 11.5 Å². The quantitative estimate of drug-likeness (QED) is 0.857. The topological polar surface area (TPSA) is 85.2 Å². The van der Waals surface area contributed by atoms with Crippen molar-refractivity contribution in [3.05, 3.63) is 12.4 Å². The highest BCUT2D eigenvalue weighted by Crippen LogP contribution is 2.34. The Bertz CT molecular complexity index is 555. The van der Waals surface area contributed by atoms with Crippen molar-refractivity contribution in [3.8, 4) is 0 Å².